The second kappa shape index (κ2) is 8.66. The Morgan fingerprint density at radius 2 is 2.00 bits per heavy atom. The highest BCUT2D eigenvalue weighted by Gasteiger charge is 2.40. The number of thiazole rings is 1. The molecule has 12 heteroatoms. The maximum Gasteiger partial charge on any atom is 0.434 e. The summed E-state index contributed by atoms with van der Waals surface area (Å²) in [7, 11) is 1.55. The lowest BCUT2D eigenvalue weighted by Crippen LogP contribution is -2.27. The fraction of sp³-hybridized carbons (Fsp3) is 0.455. The number of H-pyrrole nitrogens is 1. The second-order valence-electron chi connectivity index (χ2n) is 8.59. The van der Waals surface area contributed by atoms with E-state index in [0.29, 0.717) is 64.2 Å². The lowest BCUT2D eigenvalue weighted by molar-refractivity contribution is -0.141. The van der Waals surface area contributed by atoms with Crippen molar-refractivity contribution in [3.05, 3.63) is 34.7 Å². The van der Waals surface area contributed by atoms with Crippen molar-refractivity contribution in [3.8, 4) is 27.7 Å². The number of hydrogen-bond acceptors (Lipinski definition) is 7. The molecule has 0 bridgehead atoms. The van der Waals surface area contributed by atoms with Crippen molar-refractivity contribution >= 4 is 17.0 Å². The number of ether oxygens (including phenoxy) is 1. The quantitative estimate of drug-likeness (QED) is 0.414. The number of aromatic nitrogens is 6. The highest BCUT2D eigenvalue weighted by Crippen LogP contribution is 2.45. The summed E-state index contributed by atoms with van der Waals surface area (Å²) in [6.07, 6.45) is 0.0142. The van der Waals surface area contributed by atoms with Gasteiger partial charge in [0.15, 0.2) is 17.1 Å². The Hall–Kier alpha value is -2.99. The molecule has 34 heavy (non-hydrogen) atoms. The number of piperidine rings is 1. The summed E-state index contributed by atoms with van der Waals surface area (Å²) in [6.45, 7) is 5.37. The van der Waals surface area contributed by atoms with E-state index in [-0.39, 0.29) is 11.8 Å². The van der Waals surface area contributed by atoms with Gasteiger partial charge in [-0.1, -0.05) is 13.8 Å². The first-order chi connectivity index (χ1) is 16.3. The van der Waals surface area contributed by atoms with Crippen molar-refractivity contribution in [3.63, 3.8) is 0 Å². The molecule has 180 valence electrons. The number of rotatable bonds is 5. The number of alkyl halides is 3. The van der Waals surface area contributed by atoms with Gasteiger partial charge in [0.2, 0.25) is 0 Å². The molecule has 0 atom stereocenters. The van der Waals surface area contributed by atoms with E-state index in [1.54, 1.807) is 23.9 Å². The van der Waals surface area contributed by atoms with Gasteiger partial charge in [-0.2, -0.15) is 23.4 Å². The molecule has 0 aliphatic carbocycles. The molecule has 8 nitrogen and oxygen atoms in total. The zero-order valence-electron chi connectivity index (χ0n) is 18.9. The minimum absolute atomic E-state index is 0.0262. The average Bonchev–Trinajstić information content (AvgIpc) is 3.55. The Labute approximate surface area is 197 Å². The molecule has 1 fully saturated rings. The van der Waals surface area contributed by atoms with E-state index in [4.69, 9.17) is 4.74 Å². The van der Waals surface area contributed by atoms with Crippen LogP contribution in [0.3, 0.4) is 0 Å². The maximum atomic E-state index is 13.9. The zero-order chi connectivity index (χ0) is 24.0. The number of methoxy groups -OCH3 is 1. The zero-order valence-corrected chi connectivity index (χ0v) is 19.7. The SMILES string of the molecule is COc1cc(-c2n[nH]c(-c3nc(C(F)(F)F)c(C4CCNCC4)s3)c2C(C)C)cn2ncnc12. The average molecular weight is 492 g/mol. The van der Waals surface area contributed by atoms with Gasteiger partial charge in [-0.05, 0) is 43.8 Å². The van der Waals surface area contributed by atoms with Crippen molar-refractivity contribution in [1.82, 2.24) is 35.1 Å². The summed E-state index contributed by atoms with van der Waals surface area (Å²) in [4.78, 5) is 8.60. The van der Waals surface area contributed by atoms with Gasteiger partial charge in [-0.25, -0.2) is 14.5 Å². The topological polar surface area (TPSA) is 93.0 Å². The van der Waals surface area contributed by atoms with E-state index >= 15 is 0 Å². The molecule has 0 unspecified atom stereocenters. The number of nitrogens with zero attached hydrogens (tertiary/aromatic N) is 5. The smallest absolute Gasteiger partial charge is 0.434 e. The molecule has 4 aromatic rings. The Morgan fingerprint density at radius 3 is 2.68 bits per heavy atom. The predicted molar refractivity (Wildman–Crippen MR) is 122 cm³/mol. The van der Waals surface area contributed by atoms with Crippen molar-refractivity contribution in [2.75, 3.05) is 20.2 Å². The molecular weight excluding hydrogens is 467 g/mol. The van der Waals surface area contributed by atoms with Crippen LogP contribution < -0.4 is 10.1 Å². The standard InChI is InChI=1S/C22H24F3N7OS/c1-11(2)15-16(13-8-14(33-3)20-27-10-28-32(20)9-13)30-31-17(15)21-29-19(22(23,24)25)18(34-21)12-4-6-26-7-5-12/h8-12,26H,4-7H2,1-3H3,(H,30,31). The van der Waals surface area contributed by atoms with Crippen molar-refractivity contribution in [2.24, 2.45) is 0 Å². The summed E-state index contributed by atoms with van der Waals surface area (Å²) < 4.78 is 48.9. The van der Waals surface area contributed by atoms with Gasteiger partial charge in [0.05, 0.1) is 18.5 Å². The van der Waals surface area contributed by atoms with Gasteiger partial charge in [-0.3, -0.25) is 5.10 Å². The maximum absolute atomic E-state index is 13.9. The molecule has 5 heterocycles. The third-order valence-electron chi connectivity index (χ3n) is 6.06. The minimum atomic E-state index is -4.51. The third kappa shape index (κ3) is 3.94. The van der Waals surface area contributed by atoms with Crippen LogP contribution in [0.25, 0.3) is 27.6 Å². The summed E-state index contributed by atoms with van der Waals surface area (Å²) >= 11 is 1.12. The number of pyridine rings is 1. The highest BCUT2D eigenvalue weighted by molar-refractivity contribution is 7.15. The number of hydrogen-bond donors (Lipinski definition) is 2. The Kier molecular flexibility index (Phi) is 5.80. The largest absolute Gasteiger partial charge is 0.493 e. The van der Waals surface area contributed by atoms with Crippen LogP contribution in [0.5, 0.6) is 5.75 Å². The third-order valence-corrected chi connectivity index (χ3v) is 7.30. The summed E-state index contributed by atoms with van der Waals surface area (Å²) in [5.41, 5.74) is 2.42. The van der Waals surface area contributed by atoms with Crippen LogP contribution in [-0.2, 0) is 6.18 Å². The normalized spacial score (nSPS) is 15.5. The van der Waals surface area contributed by atoms with Crippen LogP contribution >= 0.6 is 11.3 Å². The van der Waals surface area contributed by atoms with E-state index in [1.165, 1.54) is 6.33 Å². The fourth-order valence-electron chi connectivity index (χ4n) is 4.47. The molecule has 0 aromatic carbocycles. The van der Waals surface area contributed by atoms with Crippen LogP contribution in [0, 0.1) is 0 Å². The van der Waals surface area contributed by atoms with Crippen LogP contribution in [0.2, 0.25) is 0 Å². The molecular formula is C22H24F3N7OS. The van der Waals surface area contributed by atoms with E-state index in [9.17, 15) is 13.2 Å². The Morgan fingerprint density at radius 1 is 1.24 bits per heavy atom. The predicted octanol–water partition coefficient (Wildman–Crippen LogP) is 4.86. The Bertz CT molecular complexity index is 1320. The van der Waals surface area contributed by atoms with Crippen molar-refractivity contribution in [1.29, 1.82) is 0 Å². The van der Waals surface area contributed by atoms with Gasteiger partial charge in [0, 0.05) is 22.2 Å². The lowest BCUT2D eigenvalue weighted by atomic mass is 9.95. The summed E-state index contributed by atoms with van der Waals surface area (Å²) in [6, 6.07) is 1.80. The van der Waals surface area contributed by atoms with Gasteiger partial charge >= 0.3 is 6.18 Å². The van der Waals surface area contributed by atoms with Gasteiger partial charge in [-0.15, -0.1) is 11.3 Å². The van der Waals surface area contributed by atoms with Crippen molar-refractivity contribution < 1.29 is 17.9 Å². The van der Waals surface area contributed by atoms with Crippen molar-refractivity contribution in [2.45, 2.75) is 44.7 Å². The van der Waals surface area contributed by atoms with Gasteiger partial charge < -0.3 is 10.1 Å². The monoisotopic (exact) mass is 491 g/mol. The lowest BCUT2D eigenvalue weighted by Gasteiger charge is -2.22. The molecule has 0 saturated carbocycles. The molecule has 0 spiro atoms. The van der Waals surface area contributed by atoms with Crippen LogP contribution in [-0.4, -0.2) is 50.0 Å². The van der Waals surface area contributed by atoms with Crippen LogP contribution in [0.1, 0.15) is 54.7 Å². The van der Waals surface area contributed by atoms with E-state index in [1.807, 2.05) is 13.8 Å². The minimum Gasteiger partial charge on any atom is -0.493 e. The number of fused-ring (bicyclic) bond motifs is 1. The van der Waals surface area contributed by atoms with E-state index < -0.39 is 11.9 Å². The molecule has 1 saturated heterocycles. The van der Waals surface area contributed by atoms with E-state index in [0.717, 1.165) is 16.9 Å². The van der Waals surface area contributed by atoms with Crippen LogP contribution in [0.15, 0.2) is 18.6 Å². The molecule has 0 radical (unpaired) electrons. The number of nitrogens with one attached hydrogen (secondary N) is 2. The first-order valence-corrected chi connectivity index (χ1v) is 11.8. The number of halogens is 3. The molecule has 4 aromatic heterocycles. The highest BCUT2D eigenvalue weighted by atomic mass is 32.1. The van der Waals surface area contributed by atoms with Crippen LogP contribution in [0.4, 0.5) is 13.2 Å². The van der Waals surface area contributed by atoms with E-state index in [2.05, 4.69) is 30.6 Å². The first-order valence-electron chi connectivity index (χ1n) is 11.0. The molecule has 2 N–H and O–H groups in total. The molecule has 1 aliphatic heterocycles. The Balaban J connectivity index is 1.64. The first kappa shape index (κ1) is 22.8. The second-order valence-corrected chi connectivity index (χ2v) is 9.63. The number of aromatic amines is 1. The summed E-state index contributed by atoms with van der Waals surface area (Å²) in [5.74, 6) is 0.339. The van der Waals surface area contributed by atoms with Gasteiger partial charge in [0.1, 0.15) is 11.3 Å². The fourth-order valence-corrected chi connectivity index (χ4v) is 5.74. The molecule has 1 aliphatic rings. The molecule has 0 amide bonds. The summed E-state index contributed by atoms with van der Waals surface area (Å²) in [5, 5.41) is 15.2. The molecule has 5 rings (SSSR count). The van der Waals surface area contributed by atoms with Gasteiger partial charge in [0.25, 0.3) is 0 Å².